The molecule has 1 aliphatic rings. The van der Waals surface area contributed by atoms with Gasteiger partial charge in [0.05, 0.1) is 0 Å². The van der Waals surface area contributed by atoms with Gasteiger partial charge in [-0.1, -0.05) is 121 Å². The Morgan fingerprint density at radius 3 is 0.788 bits per heavy atom. The number of nitrogens with zero attached hydrogens (tertiary/aromatic N) is 8. The minimum Gasteiger partial charge on any atom is -0.480 e. The molecular formula is C46H48N12O8. The van der Waals surface area contributed by atoms with Crippen LogP contribution in [0.5, 0.6) is 0 Å². The van der Waals surface area contributed by atoms with Gasteiger partial charge in [-0.15, -0.1) is 0 Å². The lowest BCUT2D eigenvalue weighted by Crippen LogP contribution is -2.48. The van der Waals surface area contributed by atoms with Crippen molar-refractivity contribution in [2.45, 2.75) is 49.9 Å². The number of rotatable bonds is 22. The summed E-state index contributed by atoms with van der Waals surface area (Å²) in [6.45, 7) is 1.04. The van der Waals surface area contributed by atoms with Crippen LogP contribution in [0.2, 0.25) is 0 Å². The summed E-state index contributed by atoms with van der Waals surface area (Å²) < 4.78 is 0. The highest BCUT2D eigenvalue weighted by atomic mass is 16.4. The molecule has 0 unspecified atom stereocenters. The van der Waals surface area contributed by atoms with Crippen molar-refractivity contribution < 1.29 is 39.6 Å². The molecule has 66 heavy (non-hydrogen) atoms. The molecular weight excluding hydrogens is 849 g/mol. The second-order valence-corrected chi connectivity index (χ2v) is 15.4. The lowest BCUT2D eigenvalue weighted by atomic mass is 10.1. The summed E-state index contributed by atoms with van der Waals surface area (Å²) in [6.07, 6.45) is 0.401. The van der Waals surface area contributed by atoms with Crippen LogP contribution in [0.15, 0.2) is 121 Å². The van der Waals surface area contributed by atoms with E-state index in [4.69, 9.17) is 0 Å². The summed E-state index contributed by atoms with van der Waals surface area (Å²) in [5.74, 6) is -4.69. The Labute approximate surface area is 378 Å². The van der Waals surface area contributed by atoms with Crippen LogP contribution in [-0.4, -0.2) is 125 Å². The fourth-order valence-electron chi connectivity index (χ4n) is 7.20. The SMILES string of the molecule is O=C(O)[C@H](Cc1ccccc1)Nc1nc(N[C@@H](Cc2ccccc2)C(=O)O)nc(N2CCN(c3nc(N[C@@H](Cc4ccccc4)C(=O)O)nc(N[C@@H](Cc4ccccc4)C(=O)O)n3)CC2)n1. The van der Waals surface area contributed by atoms with E-state index >= 15 is 0 Å². The van der Waals surface area contributed by atoms with Gasteiger partial charge in [0.25, 0.3) is 0 Å². The molecule has 20 heteroatoms. The molecule has 0 spiro atoms. The van der Waals surface area contributed by atoms with Crippen molar-refractivity contribution in [3.05, 3.63) is 144 Å². The van der Waals surface area contributed by atoms with E-state index in [2.05, 4.69) is 51.2 Å². The van der Waals surface area contributed by atoms with E-state index in [1.54, 1.807) is 97.1 Å². The first-order valence-electron chi connectivity index (χ1n) is 21.1. The summed E-state index contributed by atoms with van der Waals surface area (Å²) >= 11 is 0. The zero-order chi connectivity index (χ0) is 46.4. The van der Waals surface area contributed by atoms with Gasteiger partial charge in [0, 0.05) is 51.9 Å². The molecule has 0 saturated carbocycles. The molecule has 3 heterocycles. The van der Waals surface area contributed by atoms with E-state index in [1.807, 2.05) is 34.1 Å². The third-order valence-corrected chi connectivity index (χ3v) is 10.6. The molecule has 4 aromatic carbocycles. The van der Waals surface area contributed by atoms with Gasteiger partial charge in [-0.05, 0) is 22.3 Å². The Kier molecular flexibility index (Phi) is 15.0. The van der Waals surface area contributed by atoms with Crippen LogP contribution in [0.1, 0.15) is 22.3 Å². The Morgan fingerprint density at radius 2 is 0.591 bits per heavy atom. The molecule has 1 fully saturated rings. The molecule has 340 valence electrons. The van der Waals surface area contributed by atoms with Crippen LogP contribution >= 0.6 is 0 Å². The Morgan fingerprint density at radius 1 is 0.379 bits per heavy atom. The molecule has 0 amide bonds. The normalized spacial score (nSPS) is 14.2. The minimum atomic E-state index is -1.15. The quantitative estimate of drug-likeness (QED) is 0.0481. The largest absolute Gasteiger partial charge is 0.480 e. The van der Waals surface area contributed by atoms with E-state index in [9.17, 15) is 39.6 Å². The summed E-state index contributed by atoms with van der Waals surface area (Å²) in [6, 6.07) is 31.6. The van der Waals surface area contributed by atoms with Gasteiger partial charge in [0.15, 0.2) is 0 Å². The van der Waals surface area contributed by atoms with Gasteiger partial charge in [-0.3, -0.25) is 0 Å². The van der Waals surface area contributed by atoms with E-state index in [1.165, 1.54) is 0 Å². The van der Waals surface area contributed by atoms with Crippen molar-refractivity contribution in [2.75, 3.05) is 57.2 Å². The topological polar surface area (TPSA) is 281 Å². The van der Waals surface area contributed by atoms with Crippen molar-refractivity contribution in [2.24, 2.45) is 0 Å². The maximum Gasteiger partial charge on any atom is 0.326 e. The number of anilines is 6. The van der Waals surface area contributed by atoms with Crippen molar-refractivity contribution in [3.8, 4) is 0 Å². The molecule has 8 N–H and O–H groups in total. The first-order chi connectivity index (χ1) is 31.9. The fraction of sp³-hybridized carbons (Fsp3) is 0.261. The number of aliphatic carboxylic acids is 4. The van der Waals surface area contributed by atoms with Gasteiger partial charge >= 0.3 is 23.9 Å². The van der Waals surface area contributed by atoms with Crippen molar-refractivity contribution in [1.29, 1.82) is 0 Å². The molecule has 1 aliphatic heterocycles. The fourth-order valence-corrected chi connectivity index (χ4v) is 7.20. The summed E-state index contributed by atoms with van der Waals surface area (Å²) in [5, 5.41) is 52.4. The highest BCUT2D eigenvalue weighted by Gasteiger charge is 2.29. The number of carbonyl (C=O) groups is 4. The smallest absolute Gasteiger partial charge is 0.326 e. The third kappa shape index (κ3) is 12.8. The number of hydrogen-bond acceptors (Lipinski definition) is 16. The first kappa shape index (κ1) is 45.6. The monoisotopic (exact) mass is 896 g/mol. The summed E-state index contributed by atoms with van der Waals surface area (Å²) in [5.41, 5.74) is 3.03. The lowest BCUT2D eigenvalue weighted by Gasteiger charge is -2.35. The van der Waals surface area contributed by atoms with Crippen LogP contribution in [0.3, 0.4) is 0 Å². The maximum absolute atomic E-state index is 12.5. The summed E-state index contributed by atoms with van der Waals surface area (Å²) in [4.78, 5) is 80.9. The van der Waals surface area contributed by atoms with E-state index < -0.39 is 48.0 Å². The van der Waals surface area contributed by atoms with Crippen LogP contribution in [0, 0.1) is 0 Å². The molecule has 1 saturated heterocycles. The zero-order valence-electron chi connectivity index (χ0n) is 35.5. The second kappa shape index (κ2) is 21.8. The Balaban J connectivity index is 1.15. The number of aromatic nitrogens is 6. The van der Waals surface area contributed by atoms with E-state index in [-0.39, 0.29) is 87.6 Å². The second-order valence-electron chi connectivity index (χ2n) is 15.4. The molecule has 0 aliphatic carbocycles. The lowest BCUT2D eigenvalue weighted by molar-refractivity contribution is -0.138. The maximum atomic E-state index is 12.5. The van der Waals surface area contributed by atoms with Crippen LogP contribution in [0.4, 0.5) is 35.7 Å². The molecule has 0 bridgehead atoms. The first-order valence-corrected chi connectivity index (χ1v) is 21.1. The number of nitrogens with one attached hydrogen (secondary N) is 4. The predicted octanol–water partition coefficient (Wildman–Crippen LogP) is 3.81. The van der Waals surface area contributed by atoms with Gasteiger partial charge < -0.3 is 51.5 Å². The molecule has 6 aromatic rings. The van der Waals surface area contributed by atoms with Gasteiger partial charge in [-0.25, -0.2) is 19.2 Å². The Hall–Kier alpha value is -8.42. The van der Waals surface area contributed by atoms with Crippen LogP contribution < -0.4 is 31.1 Å². The number of piperazine rings is 1. The van der Waals surface area contributed by atoms with Crippen LogP contribution in [-0.2, 0) is 44.9 Å². The van der Waals surface area contributed by atoms with Crippen molar-refractivity contribution in [1.82, 2.24) is 29.9 Å². The van der Waals surface area contributed by atoms with Gasteiger partial charge in [0.1, 0.15) is 24.2 Å². The number of benzene rings is 4. The van der Waals surface area contributed by atoms with Gasteiger partial charge in [0.2, 0.25) is 35.7 Å². The van der Waals surface area contributed by atoms with Gasteiger partial charge in [-0.2, -0.15) is 29.9 Å². The predicted molar refractivity (Wildman–Crippen MR) is 245 cm³/mol. The molecule has 7 rings (SSSR count). The average molecular weight is 897 g/mol. The molecule has 0 radical (unpaired) electrons. The molecule has 4 atom stereocenters. The minimum absolute atomic E-state index is 0.0898. The average Bonchev–Trinajstić information content (AvgIpc) is 3.32. The highest BCUT2D eigenvalue weighted by molar-refractivity contribution is 5.79. The zero-order valence-corrected chi connectivity index (χ0v) is 35.5. The molecule has 2 aromatic heterocycles. The Bertz CT molecular complexity index is 2240. The standard InChI is InChI=1S/C46H48N12O8/c59-37(60)33(25-29-13-5-1-6-14-29)47-41-51-42(48-34(38(61)62)26-30-15-7-2-8-16-30)54-45(53-41)57-21-23-58(24-22-57)46-55-43(49-35(39(63)64)27-31-17-9-3-10-18-31)52-44(56-46)50-36(40(65)66)28-32-19-11-4-12-20-32/h1-20,33-36H,21-28H2,(H,59,60)(H,61,62)(H,63,64)(H,65,66)(H2,47,48,51,53,54)(H2,49,50,52,55,56)/t33-,34-,35-,36-/m0/s1. The summed E-state index contributed by atoms with van der Waals surface area (Å²) in [7, 11) is 0. The van der Waals surface area contributed by atoms with E-state index in [0.29, 0.717) is 0 Å². The molecule has 20 nitrogen and oxygen atoms in total. The number of carboxylic acids is 4. The van der Waals surface area contributed by atoms with Crippen LogP contribution in [0.25, 0.3) is 0 Å². The van der Waals surface area contributed by atoms with Crippen molar-refractivity contribution in [3.63, 3.8) is 0 Å². The number of hydrogen-bond donors (Lipinski definition) is 8. The number of carboxylic acid groups (broad SMARTS) is 4. The van der Waals surface area contributed by atoms with Crippen molar-refractivity contribution >= 4 is 59.6 Å². The van der Waals surface area contributed by atoms with E-state index in [0.717, 1.165) is 22.3 Å². The highest BCUT2D eigenvalue weighted by Crippen LogP contribution is 2.23. The third-order valence-electron chi connectivity index (χ3n) is 10.6.